The zero-order chi connectivity index (χ0) is 21.5. The van der Waals surface area contributed by atoms with Crippen molar-refractivity contribution in [1.82, 2.24) is 0 Å². The fourth-order valence-corrected chi connectivity index (χ4v) is 3.15. The predicted molar refractivity (Wildman–Crippen MR) is 114 cm³/mol. The lowest BCUT2D eigenvalue weighted by Crippen LogP contribution is -2.37. The number of aryl methyl sites for hydroxylation is 1. The number of carbonyl (C=O) groups excluding carboxylic acids is 2. The standard InChI is InChI=1S/C22H25N3O5/c1-15-2-4-16(5-3-15)24-22(29)18-14-17(23-20(26)8-9-21(27)28)6-7-19(18)25-10-12-30-13-11-25/h2-7,14H,8-13H2,1H3,(H,23,26)(H,24,29)(H,27,28). The first-order chi connectivity index (χ1) is 14.4. The van der Waals surface area contributed by atoms with Crippen LogP contribution >= 0.6 is 0 Å². The van der Waals surface area contributed by atoms with Crippen molar-refractivity contribution in [3.63, 3.8) is 0 Å². The Hall–Kier alpha value is -3.39. The molecule has 0 saturated carbocycles. The minimum absolute atomic E-state index is 0.133. The summed E-state index contributed by atoms with van der Waals surface area (Å²) in [7, 11) is 0. The second kappa shape index (κ2) is 9.89. The maximum atomic E-state index is 13.1. The van der Waals surface area contributed by atoms with Gasteiger partial charge in [0, 0.05) is 36.6 Å². The first-order valence-electron chi connectivity index (χ1n) is 9.79. The van der Waals surface area contributed by atoms with Crippen molar-refractivity contribution in [2.75, 3.05) is 41.8 Å². The quantitative estimate of drug-likeness (QED) is 0.647. The highest BCUT2D eigenvalue weighted by atomic mass is 16.5. The highest BCUT2D eigenvalue weighted by molar-refractivity contribution is 6.09. The van der Waals surface area contributed by atoms with E-state index in [4.69, 9.17) is 9.84 Å². The van der Waals surface area contributed by atoms with Crippen LogP contribution in [0.4, 0.5) is 17.1 Å². The third kappa shape index (κ3) is 5.81. The summed E-state index contributed by atoms with van der Waals surface area (Å²) in [5, 5.41) is 14.3. The maximum absolute atomic E-state index is 13.1. The molecule has 0 radical (unpaired) electrons. The van der Waals surface area contributed by atoms with Crippen molar-refractivity contribution < 1.29 is 24.2 Å². The van der Waals surface area contributed by atoms with Crippen LogP contribution in [0, 0.1) is 6.92 Å². The van der Waals surface area contributed by atoms with Gasteiger partial charge in [-0.05, 0) is 37.3 Å². The van der Waals surface area contributed by atoms with Crippen molar-refractivity contribution in [2.24, 2.45) is 0 Å². The van der Waals surface area contributed by atoms with Gasteiger partial charge in [0.05, 0.1) is 25.2 Å². The summed E-state index contributed by atoms with van der Waals surface area (Å²) in [5.41, 5.74) is 3.39. The monoisotopic (exact) mass is 411 g/mol. The number of hydrogen-bond acceptors (Lipinski definition) is 5. The molecule has 1 aliphatic rings. The molecule has 3 N–H and O–H groups in total. The van der Waals surface area contributed by atoms with Gasteiger partial charge >= 0.3 is 5.97 Å². The smallest absolute Gasteiger partial charge is 0.303 e. The highest BCUT2D eigenvalue weighted by Crippen LogP contribution is 2.27. The lowest BCUT2D eigenvalue weighted by atomic mass is 10.1. The molecule has 2 aromatic carbocycles. The number of carboxylic acids is 1. The number of morpholine rings is 1. The van der Waals surface area contributed by atoms with E-state index in [0.29, 0.717) is 43.2 Å². The molecule has 0 spiro atoms. The summed E-state index contributed by atoms with van der Waals surface area (Å²) < 4.78 is 5.40. The van der Waals surface area contributed by atoms with Crippen LogP contribution in [0.1, 0.15) is 28.8 Å². The van der Waals surface area contributed by atoms with E-state index in [1.54, 1.807) is 18.2 Å². The van der Waals surface area contributed by atoms with Crippen molar-refractivity contribution in [2.45, 2.75) is 19.8 Å². The molecule has 0 aliphatic carbocycles. The second-order valence-corrected chi connectivity index (χ2v) is 7.09. The van der Waals surface area contributed by atoms with Gasteiger partial charge in [-0.15, -0.1) is 0 Å². The van der Waals surface area contributed by atoms with Crippen LogP contribution in [0.2, 0.25) is 0 Å². The van der Waals surface area contributed by atoms with E-state index >= 15 is 0 Å². The number of anilines is 3. The number of benzene rings is 2. The molecule has 0 unspecified atom stereocenters. The molecule has 3 rings (SSSR count). The van der Waals surface area contributed by atoms with Gasteiger partial charge in [-0.3, -0.25) is 14.4 Å². The summed E-state index contributed by atoms with van der Waals surface area (Å²) in [6.45, 7) is 4.45. The normalized spacial score (nSPS) is 13.6. The Bertz CT molecular complexity index is 921. The number of aliphatic carboxylic acids is 1. The average Bonchev–Trinajstić information content (AvgIpc) is 2.74. The first-order valence-corrected chi connectivity index (χ1v) is 9.79. The van der Waals surface area contributed by atoms with Crippen molar-refractivity contribution in [1.29, 1.82) is 0 Å². The van der Waals surface area contributed by atoms with Gasteiger partial charge in [-0.1, -0.05) is 17.7 Å². The molecule has 8 nitrogen and oxygen atoms in total. The average molecular weight is 411 g/mol. The number of rotatable bonds is 7. The molecular weight excluding hydrogens is 386 g/mol. The molecular formula is C22H25N3O5. The third-order valence-corrected chi connectivity index (χ3v) is 4.75. The summed E-state index contributed by atoms with van der Waals surface area (Å²) in [6, 6.07) is 12.6. The van der Waals surface area contributed by atoms with Crippen LogP contribution in [0.5, 0.6) is 0 Å². The van der Waals surface area contributed by atoms with Crippen molar-refractivity contribution in [3.8, 4) is 0 Å². The number of amides is 2. The molecule has 0 bridgehead atoms. The van der Waals surface area contributed by atoms with Crippen LogP contribution in [0.25, 0.3) is 0 Å². The van der Waals surface area contributed by atoms with E-state index < -0.39 is 11.9 Å². The molecule has 0 aromatic heterocycles. The third-order valence-electron chi connectivity index (χ3n) is 4.75. The summed E-state index contributed by atoms with van der Waals surface area (Å²) in [4.78, 5) is 37.8. The van der Waals surface area contributed by atoms with E-state index in [0.717, 1.165) is 11.3 Å². The van der Waals surface area contributed by atoms with E-state index in [1.165, 1.54) is 0 Å². The van der Waals surface area contributed by atoms with E-state index in [-0.39, 0.29) is 18.7 Å². The van der Waals surface area contributed by atoms with Gasteiger partial charge in [0.15, 0.2) is 0 Å². The number of nitrogens with zero attached hydrogens (tertiary/aromatic N) is 1. The van der Waals surface area contributed by atoms with E-state index in [9.17, 15) is 14.4 Å². The molecule has 1 aliphatic heterocycles. The molecule has 2 amide bonds. The largest absolute Gasteiger partial charge is 0.481 e. The zero-order valence-electron chi connectivity index (χ0n) is 16.8. The Balaban J connectivity index is 1.83. The van der Waals surface area contributed by atoms with Crippen LogP contribution in [0.3, 0.4) is 0 Å². The number of nitrogens with one attached hydrogen (secondary N) is 2. The lowest BCUT2D eigenvalue weighted by molar-refractivity contribution is -0.138. The Morgan fingerprint density at radius 3 is 2.30 bits per heavy atom. The molecule has 8 heteroatoms. The maximum Gasteiger partial charge on any atom is 0.303 e. The van der Waals surface area contributed by atoms with Gasteiger partial charge in [-0.25, -0.2) is 0 Å². The van der Waals surface area contributed by atoms with Gasteiger partial charge in [0.25, 0.3) is 5.91 Å². The molecule has 1 saturated heterocycles. The Kier molecular flexibility index (Phi) is 7.03. The van der Waals surface area contributed by atoms with E-state index in [1.807, 2.05) is 31.2 Å². The second-order valence-electron chi connectivity index (χ2n) is 7.09. The van der Waals surface area contributed by atoms with Crippen LogP contribution in [-0.2, 0) is 14.3 Å². The summed E-state index contributed by atoms with van der Waals surface area (Å²) in [5.74, 6) is -1.74. The predicted octanol–water partition coefficient (Wildman–Crippen LogP) is 2.89. The van der Waals surface area contributed by atoms with Crippen molar-refractivity contribution >= 4 is 34.8 Å². The number of carbonyl (C=O) groups is 3. The first kappa shape index (κ1) is 21.3. The van der Waals surface area contributed by atoms with Gasteiger partial charge in [0.2, 0.25) is 5.91 Å². The van der Waals surface area contributed by atoms with Crippen LogP contribution in [-0.4, -0.2) is 49.2 Å². The van der Waals surface area contributed by atoms with Gasteiger partial charge in [-0.2, -0.15) is 0 Å². The molecule has 158 valence electrons. The molecule has 0 atom stereocenters. The number of hydrogen-bond donors (Lipinski definition) is 3. The highest BCUT2D eigenvalue weighted by Gasteiger charge is 2.20. The zero-order valence-corrected chi connectivity index (χ0v) is 16.8. The molecule has 1 heterocycles. The topological polar surface area (TPSA) is 108 Å². The Morgan fingerprint density at radius 2 is 1.63 bits per heavy atom. The van der Waals surface area contributed by atoms with Crippen LogP contribution in [0.15, 0.2) is 42.5 Å². The molecule has 1 fully saturated rings. The molecule has 30 heavy (non-hydrogen) atoms. The minimum Gasteiger partial charge on any atom is -0.481 e. The van der Waals surface area contributed by atoms with Gasteiger partial charge in [0.1, 0.15) is 0 Å². The fraction of sp³-hybridized carbons (Fsp3) is 0.318. The number of ether oxygens (including phenoxy) is 1. The lowest BCUT2D eigenvalue weighted by Gasteiger charge is -2.30. The van der Waals surface area contributed by atoms with E-state index in [2.05, 4.69) is 15.5 Å². The summed E-state index contributed by atoms with van der Waals surface area (Å²) >= 11 is 0. The summed E-state index contributed by atoms with van der Waals surface area (Å²) in [6.07, 6.45) is -0.385. The van der Waals surface area contributed by atoms with Crippen molar-refractivity contribution in [3.05, 3.63) is 53.6 Å². The fourth-order valence-electron chi connectivity index (χ4n) is 3.15. The van der Waals surface area contributed by atoms with Gasteiger partial charge < -0.3 is 25.4 Å². The number of carboxylic acid groups (broad SMARTS) is 1. The Morgan fingerprint density at radius 1 is 0.967 bits per heavy atom. The SMILES string of the molecule is Cc1ccc(NC(=O)c2cc(NC(=O)CCC(=O)O)ccc2N2CCOCC2)cc1. The minimum atomic E-state index is -1.04. The molecule has 2 aromatic rings. The Labute approximate surface area is 174 Å². The van der Waals surface area contributed by atoms with Crippen LogP contribution < -0.4 is 15.5 Å².